The van der Waals surface area contributed by atoms with Crippen molar-refractivity contribution in [1.82, 2.24) is 14.7 Å². The number of hydrogen-bond donors (Lipinski definition) is 1. The Kier molecular flexibility index (Phi) is 3.77. The molecule has 3 heterocycles. The Morgan fingerprint density at radius 1 is 1.55 bits per heavy atom. The molecule has 2 atom stereocenters. The second kappa shape index (κ2) is 5.35. The van der Waals surface area contributed by atoms with Gasteiger partial charge in [0.2, 0.25) is 5.91 Å². The Labute approximate surface area is 131 Å². The Morgan fingerprint density at radius 2 is 2.32 bits per heavy atom. The smallest absolute Gasteiger partial charge is 0.220 e. The SMILES string of the molecule is Cn1cc(CN2CCC[C@]23CC(C)(C)O[C@H]3CC(N)=O)cn1. The van der Waals surface area contributed by atoms with Crippen LogP contribution in [0.25, 0.3) is 0 Å². The average Bonchev–Trinajstić information content (AvgIpc) is 3.02. The number of nitrogens with zero attached hydrogens (tertiary/aromatic N) is 3. The molecular weight excluding hydrogens is 280 g/mol. The minimum absolute atomic E-state index is 0.0750. The maximum absolute atomic E-state index is 11.5. The molecule has 2 aliphatic rings. The van der Waals surface area contributed by atoms with Gasteiger partial charge in [-0.1, -0.05) is 0 Å². The summed E-state index contributed by atoms with van der Waals surface area (Å²) in [6.07, 6.45) is 7.29. The lowest BCUT2D eigenvalue weighted by Gasteiger charge is -2.38. The standard InChI is InChI=1S/C16H26N4O2/c1-15(2)11-16(13(22-15)7-14(17)21)5-4-6-20(16)10-12-8-18-19(3)9-12/h8-9,13H,4-7,10-11H2,1-3H3,(H2,17,21)/t13-,16+/m0/s1. The highest BCUT2D eigenvalue weighted by Gasteiger charge is 2.56. The summed E-state index contributed by atoms with van der Waals surface area (Å²) in [5.41, 5.74) is 6.38. The number of ether oxygens (including phenoxy) is 1. The molecule has 2 fully saturated rings. The first-order valence-corrected chi connectivity index (χ1v) is 7.99. The van der Waals surface area contributed by atoms with Crippen molar-refractivity contribution in [1.29, 1.82) is 0 Å². The Balaban J connectivity index is 1.85. The molecule has 1 spiro atoms. The van der Waals surface area contributed by atoms with E-state index in [2.05, 4.69) is 30.0 Å². The highest BCUT2D eigenvalue weighted by Crippen LogP contribution is 2.49. The lowest BCUT2D eigenvalue weighted by Crippen LogP contribution is -2.50. The molecule has 3 rings (SSSR count). The number of nitrogens with two attached hydrogens (primary N) is 1. The molecule has 22 heavy (non-hydrogen) atoms. The van der Waals surface area contributed by atoms with Gasteiger partial charge < -0.3 is 10.5 Å². The second-order valence-electron chi connectivity index (χ2n) is 7.36. The molecule has 2 saturated heterocycles. The maximum Gasteiger partial charge on any atom is 0.220 e. The van der Waals surface area contributed by atoms with Gasteiger partial charge in [0, 0.05) is 25.4 Å². The summed E-state index contributed by atoms with van der Waals surface area (Å²) in [7, 11) is 1.93. The van der Waals surface area contributed by atoms with E-state index >= 15 is 0 Å². The van der Waals surface area contributed by atoms with Crippen LogP contribution < -0.4 is 5.73 Å². The number of primary amides is 1. The van der Waals surface area contributed by atoms with E-state index in [9.17, 15) is 4.79 Å². The lowest BCUT2D eigenvalue weighted by molar-refractivity contribution is -0.123. The summed E-state index contributed by atoms with van der Waals surface area (Å²) in [5.74, 6) is -0.282. The van der Waals surface area contributed by atoms with E-state index in [-0.39, 0.29) is 23.2 Å². The van der Waals surface area contributed by atoms with Crippen molar-refractivity contribution < 1.29 is 9.53 Å². The molecule has 1 aromatic heterocycles. The van der Waals surface area contributed by atoms with Gasteiger partial charge in [0.15, 0.2) is 0 Å². The largest absolute Gasteiger partial charge is 0.370 e. The van der Waals surface area contributed by atoms with Crippen molar-refractivity contribution in [2.45, 2.75) is 63.3 Å². The number of amides is 1. The maximum atomic E-state index is 11.5. The van der Waals surface area contributed by atoms with Crippen molar-refractivity contribution >= 4 is 5.91 Å². The van der Waals surface area contributed by atoms with Crippen molar-refractivity contribution in [3.8, 4) is 0 Å². The summed E-state index contributed by atoms with van der Waals surface area (Å²) in [5, 5.41) is 4.25. The van der Waals surface area contributed by atoms with Crippen molar-refractivity contribution in [3.63, 3.8) is 0 Å². The number of likely N-dealkylation sites (tertiary alicyclic amines) is 1. The van der Waals surface area contributed by atoms with E-state index in [0.29, 0.717) is 6.42 Å². The molecular formula is C16H26N4O2. The van der Waals surface area contributed by atoms with Crippen LogP contribution in [0.5, 0.6) is 0 Å². The van der Waals surface area contributed by atoms with Crippen LogP contribution in [-0.2, 0) is 23.1 Å². The zero-order valence-electron chi connectivity index (χ0n) is 13.7. The molecule has 0 saturated carbocycles. The topological polar surface area (TPSA) is 73.4 Å². The molecule has 6 heteroatoms. The number of rotatable bonds is 4. The zero-order chi connectivity index (χ0) is 16.0. The van der Waals surface area contributed by atoms with Gasteiger partial charge in [-0.3, -0.25) is 14.4 Å². The van der Waals surface area contributed by atoms with Gasteiger partial charge in [0.25, 0.3) is 0 Å². The summed E-state index contributed by atoms with van der Waals surface area (Å²) in [6.45, 7) is 6.10. The normalized spacial score (nSPS) is 31.1. The number of hydrogen-bond acceptors (Lipinski definition) is 4. The van der Waals surface area contributed by atoms with Gasteiger partial charge >= 0.3 is 0 Å². The first kappa shape index (κ1) is 15.5. The van der Waals surface area contributed by atoms with E-state index in [1.807, 2.05) is 17.9 Å². The Morgan fingerprint density at radius 3 is 2.95 bits per heavy atom. The molecule has 1 aromatic rings. The van der Waals surface area contributed by atoms with Crippen molar-refractivity contribution in [2.75, 3.05) is 6.54 Å². The molecule has 1 amide bonds. The van der Waals surface area contributed by atoms with Crippen molar-refractivity contribution in [2.24, 2.45) is 12.8 Å². The van der Waals surface area contributed by atoms with Crippen LogP contribution in [0.15, 0.2) is 12.4 Å². The third-order valence-electron chi connectivity index (χ3n) is 4.98. The van der Waals surface area contributed by atoms with Gasteiger partial charge in [-0.25, -0.2) is 0 Å². The van der Waals surface area contributed by atoms with E-state index in [1.165, 1.54) is 5.56 Å². The molecule has 0 aromatic carbocycles. The fourth-order valence-corrected chi connectivity index (χ4v) is 4.33. The first-order chi connectivity index (χ1) is 10.3. The Bertz CT molecular complexity index is 568. The second-order valence-corrected chi connectivity index (χ2v) is 7.36. The Hall–Kier alpha value is -1.40. The molecule has 0 bridgehead atoms. The molecule has 0 aliphatic carbocycles. The highest BCUT2D eigenvalue weighted by molar-refractivity contribution is 5.74. The quantitative estimate of drug-likeness (QED) is 0.907. The number of carbonyl (C=O) groups excluding carboxylic acids is 1. The third kappa shape index (κ3) is 2.77. The summed E-state index contributed by atoms with van der Waals surface area (Å²) >= 11 is 0. The fourth-order valence-electron chi connectivity index (χ4n) is 4.33. The van der Waals surface area contributed by atoms with E-state index < -0.39 is 0 Å². The van der Waals surface area contributed by atoms with Gasteiger partial charge in [0.05, 0.1) is 29.9 Å². The minimum Gasteiger partial charge on any atom is -0.370 e. The molecule has 2 N–H and O–H groups in total. The van der Waals surface area contributed by atoms with Gasteiger partial charge in [-0.05, 0) is 39.7 Å². The molecule has 122 valence electrons. The number of aromatic nitrogens is 2. The zero-order valence-corrected chi connectivity index (χ0v) is 13.7. The van der Waals surface area contributed by atoms with Gasteiger partial charge in [-0.2, -0.15) is 5.10 Å². The highest BCUT2D eigenvalue weighted by atomic mass is 16.5. The van der Waals surface area contributed by atoms with E-state index in [4.69, 9.17) is 10.5 Å². The summed E-state index contributed by atoms with van der Waals surface area (Å²) in [6, 6.07) is 0. The first-order valence-electron chi connectivity index (χ1n) is 7.99. The molecule has 2 aliphatic heterocycles. The van der Waals surface area contributed by atoms with Crippen LogP contribution in [0.2, 0.25) is 0 Å². The summed E-state index contributed by atoms with van der Waals surface area (Å²) in [4.78, 5) is 14.0. The van der Waals surface area contributed by atoms with Crippen LogP contribution in [0, 0.1) is 0 Å². The van der Waals surface area contributed by atoms with Gasteiger partial charge in [0.1, 0.15) is 0 Å². The minimum atomic E-state index is -0.282. The molecule has 0 unspecified atom stereocenters. The van der Waals surface area contributed by atoms with Crippen LogP contribution >= 0.6 is 0 Å². The van der Waals surface area contributed by atoms with Gasteiger partial charge in [-0.15, -0.1) is 0 Å². The number of aryl methyl sites for hydroxylation is 1. The van der Waals surface area contributed by atoms with Crippen LogP contribution in [0.3, 0.4) is 0 Å². The molecule has 6 nitrogen and oxygen atoms in total. The molecule has 0 radical (unpaired) electrons. The summed E-state index contributed by atoms with van der Waals surface area (Å²) < 4.78 is 8.03. The van der Waals surface area contributed by atoms with Crippen molar-refractivity contribution in [3.05, 3.63) is 18.0 Å². The van der Waals surface area contributed by atoms with E-state index in [1.54, 1.807) is 0 Å². The van der Waals surface area contributed by atoms with Crippen LogP contribution in [0.1, 0.15) is 45.1 Å². The predicted molar refractivity (Wildman–Crippen MR) is 83.0 cm³/mol. The monoisotopic (exact) mass is 306 g/mol. The predicted octanol–water partition coefficient (Wildman–Crippen LogP) is 1.20. The number of carbonyl (C=O) groups is 1. The average molecular weight is 306 g/mol. The lowest BCUT2D eigenvalue weighted by atomic mass is 9.82. The van der Waals surface area contributed by atoms with Crippen LogP contribution in [0.4, 0.5) is 0 Å². The fraction of sp³-hybridized carbons (Fsp3) is 0.750. The third-order valence-corrected chi connectivity index (χ3v) is 4.98. The van der Waals surface area contributed by atoms with E-state index in [0.717, 1.165) is 32.4 Å². The van der Waals surface area contributed by atoms with Crippen LogP contribution in [-0.4, -0.2) is 44.4 Å².